The standard InChI is InChI=1S/C16H21ClN2O4/c1-12-9-13(3-4-14(12)17)23-11-16(21)19-6-5-18(7-8-22-2)15(20)10-19/h3-4,9H,5-8,10-11H2,1-2H3. The zero-order chi connectivity index (χ0) is 16.8. The highest BCUT2D eigenvalue weighted by atomic mass is 35.5. The second-order valence-electron chi connectivity index (χ2n) is 5.39. The second kappa shape index (κ2) is 8.17. The molecule has 23 heavy (non-hydrogen) atoms. The van der Waals surface area contributed by atoms with Crippen LogP contribution in [-0.4, -0.2) is 68.1 Å². The van der Waals surface area contributed by atoms with Crippen molar-refractivity contribution in [2.75, 3.05) is 46.5 Å². The lowest BCUT2D eigenvalue weighted by atomic mass is 10.2. The van der Waals surface area contributed by atoms with Crippen molar-refractivity contribution in [3.63, 3.8) is 0 Å². The van der Waals surface area contributed by atoms with E-state index in [9.17, 15) is 9.59 Å². The fraction of sp³-hybridized carbons (Fsp3) is 0.500. The molecule has 0 spiro atoms. The van der Waals surface area contributed by atoms with Gasteiger partial charge in [0, 0.05) is 31.8 Å². The number of ether oxygens (including phenoxy) is 2. The van der Waals surface area contributed by atoms with Crippen molar-refractivity contribution in [2.24, 2.45) is 0 Å². The summed E-state index contributed by atoms with van der Waals surface area (Å²) in [5.74, 6) is 0.326. The van der Waals surface area contributed by atoms with Crippen molar-refractivity contribution in [1.82, 2.24) is 9.80 Å². The summed E-state index contributed by atoms with van der Waals surface area (Å²) in [5.41, 5.74) is 0.888. The quantitative estimate of drug-likeness (QED) is 0.784. The van der Waals surface area contributed by atoms with Gasteiger partial charge in [-0.15, -0.1) is 0 Å². The third-order valence-corrected chi connectivity index (χ3v) is 4.15. The third-order valence-electron chi connectivity index (χ3n) is 3.73. The number of methoxy groups -OCH3 is 1. The number of amides is 2. The molecule has 0 aliphatic carbocycles. The van der Waals surface area contributed by atoms with E-state index in [2.05, 4.69) is 0 Å². The minimum Gasteiger partial charge on any atom is -0.484 e. The Morgan fingerprint density at radius 3 is 2.78 bits per heavy atom. The molecule has 2 amide bonds. The first-order valence-corrected chi connectivity index (χ1v) is 7.82. The number of hydrogen-bond donors (Lipinski definition) is 0. The first kappa shape index (κ1) is 17.6. The number of halogens is 1. The van der Waals surface area contributed by atoms with E-state index in [1.165, 1.54) is 4.90 Å². The fourth-order valence-corrected chi connectivity index (χ4v) is 2.42. The summed E-state index contributed by atoms with van der Waals surface area (Å²) in [6.45, 7) is 3.95. The summed E-state index contributed by atoms with van der Waals surface area (Å²) in [6.07, 6.45) is 0. The van der Waals surface area contributed by atoms with Crippen molar-refractivity contribution in [3.8, 4) is 5.75 Å². The Kier molecular flexibility index (Phi) is 6.24. The summed E-state index contributed by atoms with van der Waals surface area (Å²) in [6, 6.07) is 5.23. The zero-order valence-corrected chi connectivity index (χ0v) is 14.1. The Morgan fingerprint density at radius 1 is 1.35 bits per heavy atom. The topological polar surface area (TPSA) is 59.1 Å². The van der Waals surface area contributed by atoms with Gasteiger partial charge in [0.15, 0.2) is 6.61 Å². The minimum atomic E-state index is -0.197. The Bertz CT molecular complexity index is 579. The van der Waals surface area contributed by atoms with Crippen molar-refractivity contribution < 1.29 is 19.1 Å². The van der Waals surface area contributed by atoms with Crippen LogP contribution in [-0.2, 0) is 14.3 Å². The summed E-state index contributed by atoms with van der Waals surface area (Å²) < 4.78 is 10.5. The van der Waals surface area contributed by atoms with E-state index < -0.39 is 0 Å². The molecule has 0 N–H and O–H groups in total. The van der Waals surface area contributed by atoms with Crippen LogP contribution in [0, 0.1) is 6.92 Å². The summed E-state index contributed by atoms with van der Waals surface area (Å²) in [7, 11) is 1.60. The maximum atomic E-state index is 12.2. The van der Waals surface area contributed by atoms with Crippen LogP contribution < -0.4 is 4.74 Å². The molecule has 0 unspecified atom stereocenters. The molecule has 0 radical (unpaired) electrons. The first-order valence-electron chi connectivity index (χ1n) is 7.44. The highest BCUT2D eigenvalue weighted by Crippen LogP contribution is 2.21. The molecular formula is C16H21ClN2O4. The van der Waals surface area contributed by atoms with E-state index in [-0.39, 0.29) is 25.0 Å². The van der Waals surface area contributed by atoms with Gasteiger partial charge in [-0.1, -0.05) is 11.6 Å². The molecule has 1 aromatic rings. The Hall–Kier alpha value is -1.79. The van der Waals surface area contributed by atoms with Gasteiger partial charge in [0.25, 0.3) is 5.91 Å². The fourth-order valence-electron chi connectivity index (χ4n) is 2.30. The lowest BCUT2D eigenvalue weighted by Crippen LogP contribution is -2.53. The van der Waals surface area contributed by atoms with Crippen LogP contribution in [0.5, 0.6) is 5.75 Å². The molecule has 1 saturated heterocycles. The molecule has 0 bridgehead atoms. The van der Waals surface area contributed by atoms with Gasteiger partial charge >= 0.3 is 0 Å². The van der Waals surface area contributed by atoms with E-state index in [0.29, 0.717) is 37.0 Å². The largest absolute Gasteiger partial charge is 0.484 e. The van der Waals surface area contributed by atoms with E-state index >= 15 is 0 Å². The number of piperazine rings is 1. The van der Waals surface area contributed by atoms with Gasteiger partial charge in [-0.25, -0.2) is 0 Å². The van der Waals surface area contributed by atoms with E-state index in [1.54, 1.807) is 30.2 Å². The molecule has 126 valence electrons. The van der Waals surface area contributed by atoms with E-state index in [0.717, 1.165) is 5.56 Å². The van der Waals surface area contributed by atoms with Crippen LogP contribution in [0.15, 0.2) is 18.2 Å². The second-order valence-corrected chi connectivity index (χ2v) is 5.80. The van der Waals surface area contributed by atoms with E-state index in [1.807, 2.05) is 6.92 Å². The Labute approximate surface area is 140 Å². The molecule has 1 heterocycles. The molecule has 0 saturated carbocycles. The zero-order valence-electron chi connectivity index (χ0n) is 13.4. The van der Waals surface area contributed by atoms with Crippen LogP contribution in [0.4, 0.5) is 0 Å². The molecular weight excluding hydrogens is 320 g/mol. The van der Waals surface area contributed by atoms with Gasteiger partial charge in [0.1, 0.15) is 5.75 Å². The maximum absolute atomic E-state index is 12.2. The van der Waals surface area contributed by atoms with Gasteiger partial charge < -0.3 is 19.3 Å². The summed E-state index contributed by atoms with van der Waals surface area (Å²) in [5, 5.41) is 0.654. The van der Waals surface area contributed by atoms with Crippen molar-refractivity contribution in [1.29, 1.82) is 0 Å². The molecule has 7 heteroatoms. The maximum Gasteiger partial charge on any atom is 0.261 e. The number of benzene rings is 1. The molecule has 1 aliphatic rings. The monoisotopic (exact) mass is 340 g/mol. The number of carbonyl (C=O) groups excluding carboxylic acids is 2. The van der Waals surface area contributed by atoms with Crippen LogP contribution in [0.3, 0.4) is 0 Å². The molecule has 1 aromatic carbocycles. The lowest BCUT2D eigenvalue weighted by Gasteiger charge is -2.34. The van der Waals surface area contributed by atoms with Crippen molar-refractivity contribution >= 4 is 23.4 Å². The molecule has 0 aromatic heterocycles. The first-order chi connectivity index (χ1) is 11.0. The van der Waals surface area contributed by atoms with Gasteiger partial charge in [-0.2, -0.15) is 0 Å². The Morgan fingerprint density at radius 2 is 2.13 bits per heavy atom. The number of carbonyl (C=O) groups is 2. The van der Waals surface area contributed by atoms with Crippen LogP contribution in [0.1, 0.15) is 5.56 Å². The van der Waals surface area contributed by atoms with Gasteiger partial charge in [-0.3, -0.25) is 9.59 Å². The van der Waals surface area contributed by atoms with E-state index in [4.69, 9.17) is 21.1 Å². The number of rotatable bonds is 6. The normalized spacial score (nSPS) is 15.0. The summed E-state index contributed by atoms with van der Waals surface area (Å²) >= 11 is 5.95. The molecule has 6 nitrogen and oxygen atoms in total. The average Bonchev–Trinajstić information content (AvgIpc) is 2.54. The third kappa shape index (κ3) is 4.84. The highest BCUT2D eigenvalue weighted by molar-refractivity contribution is 6.31. The predicted octanol–water partition coefficient (Wildman–Crippen LogP) is 1.34. The number of nitrogens with zero attached hydrogens (tertiary/aromatic N) is 2. The minimum absolute atomic E-state index is 0.0658. The molecule has 2 rings (SSSR count). The van der Waals surface area contributed by atoms with Crippen LogP contribution in [0.2, 0.25) is 5.02 Å². The van der Waals surface area contributed by atoms with Crippen molar-refractivity contribution in [2.45, 2.75) is 6.92 Å². The van der Waals surface area contributed by atoms with Gasteiger partial charge in [-0.05, 0) is 30.7 Å². The molecule has 1 aliphatic heterocycles. The lowest BCUT2D eigenvalue weighted by molar-refractivity contribution is -0.146. The Balaban J connectivity index is 1.82. The highest BCUT2D eigenvalue weighted by Gasteiger charge is 2.26. The number of hydrogen-bond acceptors (Lipinski definition) is 4. The van der Waals surface area contributed by atoms with Crippen molar-refractivity contribution in [3.05, 3.63) is 28.8 Å². The van der Waals surface area contributed by atoms with Crippen LogP contribution >= 0.6 is 11.6 Å². The number of aryl methyl sites for hydroxylation is 1. The SMILES string of the molecule is COCCN1CCN(C(=O)COc2ccc(Cl)c(C)c2)CC1=O. The predicted molar refractivity (Wildman–Crippen MR) is 86.7 cm³/mol. The smallest absolute Gasteiger partial charge is 0.261 e. The summed E-state index contributed by atoms with van der Waals surface area (Å²) in [4.78, 5) is 27.4. The molecule has 1 fully saturated rings. The van der Waals surface area contributed by atoms with Gasteiger partial charge in [0.05, 0.1) is 13.2 Å². The average molecular weight is 341 g/mol. The van der Waals surface area contributed by atoms with Crippen LogP contribution in [0.25, 0.3) is 0 Å². The molecule has 0 atom stereocenters. The van der Waals surface area contributed by atoms with Gasteiger partial charge in [0.2, 0.25) is 5.91 Å².